The van der Waals surface area contributed by atoms with E-state index in [9.17, 15) is 14.7 Å². The molecule has 1 atom stereocenters. The van der Waals surface area contributed by atoms with Gasteiger partial charge in [0.25, 0.3) is 0 Å². The largest absolute Gasteiger partial charge is 0.480 e. The Hall–Kier alpha value is -1.34. The van der Waals surface area contributed by atoms with Crippen molar-refractivity contribution in [2.45, 2.75) is 31.7 Å². The quantitative estimate of drug-likeness (QED) is 0.769. The number of hydrogen-bond donors (Lipinski definition) is 2. The van der Waals surface area contributed by atoms with E-state index in [0.717, 1.165) is 32.4 Å². The van der Waals surface area contributed by atoms with Crippen molar-refractivity contribution in [3.63, 3.8) is 0 Å². The molecule has 0 aromatic heterocycles. The lowest BCUT2D eigenvalue weighted by molar-refractivity contribution is -0.142. The van der Waals surface area contributed by atoms with Crippen LogP contribution in [0.5, 0.6) is 0 Å². The molecule has 2 rings (SSSR count). The number of carbonyl (C=O) groups excluding carboxylic acids is 1. The smallest absolute Gasteiger partial charge is 0.326 e. The molecule has 2 amide bonds. The molecule has 0 radical (unpaired) electrons. The Morgan fingerprint density at radius 3 is 2.33 bits per heavy atom. The normalized spacial score (nSPS) is 24.7. The van der Waals surface area contributed by atoms with Gasteiger partial charge in [0.15, 0.2) is 0 Å². The van der Waals surface area contributed by atoms with Crippen LogP contribution in [-0.4, -0.2) is 88.8 Å². The number of likely N-dealkylation sites (tertiary alicyclic amines) is 1. The highest BCUT2D eigenvalue weighted by molar-refractivity contribution is 5.82. The molecule has 7 nitrogen and oxygen atoms in total. The number of hydrogen-bond acceptors (Lipinski definition) is 4. The van der Waals surface area contributed by atoms with E-state index in [1.165, 1.54) is 4.90 Å². The number of nitrogens with zero attached hydrogens (tertiary/aromatic N) is 3. The number of amides is 2. The number of aliphatic carboxylic acids is 1. The number of carboxylic acids is 1. The van der Waals surface area contributed by atoms with Gasteiger partial charge in [0.05, 0.1) is 6.61 Å². The predicted octanol–water partition coefficient (Wildman–Crippen LogP) is 0.0455. The molecule has 2 fully saturated rings. The van der Waals surface area contributed by atoms with Crippen molar-refractivity contribution in [3.8, 4) is 0 Å². The van der Waals surface area contributed by atoms with Crippen LogP contribution in [0, 0.1) is 0 Å². The zero-order valence-electron chi connectivity index (χ0n) is 12.4. The third-order valence-electron chi connectivity index (χ3n) is 4.34. The summed E-state index contributed by atoms with van der Waals surface area (Å²) in [4.78, 5) is 29.4. The zero-order valence-corrected chi connectivity index (χ0v) is 12.4. The molecule has 7 heteroatoms. The first-order valence-electron chi connectivity index (χ1n) is 7.75. The third kappa shape index (κ3) is 4.07. The summed E-state index contributed by atoms with van der Waals surface area (Å²) in [7, 11) is 0. The molecule has 120 valence electrons. The van der Waals surface area contributed by atoms with E-state index in [-0.39, 0.29) is 12.6 Å². The number of urea groups is 1. The number of β-amino-alcohol motifs (C(OH)–C–C–N with tert-alkyl or cyclic N) is 1. The van der Waals surface area contributed by atoms with Crippen molar-refractivity contribution < 1.29 is 19.8 Å². The van der Waals surface area contributed by atoms with E-state index >= 15 is 0 Å². The van der Waals surface area contributed by atoms with Gasteiger partial charge in [-0.1, -0.05) is 12.8 Å². The van der Waals surface area contributed by atoms with E-state index in [4.69, 9.17) is 5.11 Å². The number of aliphatic hydroxyl groups excluding tert-OH is 1. The van der Waals surface area contributed by atoms with E-state index in [0.29, 0.717) is 32.6 Å². The van der Waals surface area contributed by atoms with Crippen LogP contribution in [0.3, 0.4) is 0 Å². The molecule has 0 aliphatic carbocycles. The van der Waals surface area contributed by atoms with Gasteiger partial charge in [-0.15, -0.1) is 0 Å². The monoisotopic (exact) mass is 299 g/mol. The summed E-state index contributed by atoms with van der Waals surface area (Å²) in [6.45, 7) is 3.95. The molecule has 0 saturated carbocycles. The highest BCUT2D eigenvalue weighted by Crippen LogP contribution is 2.19. The maximum atomic E-state index is 12.6. The first kappa shape index (κ1) is 16.0. The molecule has 2 aliphatic heterocycles. The van der Waals surface area contributed by atoms with E-state index < -0.39 is 12.0 Å². The standard InChI is InChI=1S/C14H25N3O4/c18-11-10-15-6-8-16(9-7-15)14(21)17-5-3-1-2-4-12(17)13(19)20/h12,18H,1-11H2,(H,19,20). The van der Waals surface area contributed by atoms with Crippen LogP contribution in [-0.2, 0) is 4.79 Å². The van der Waals surface area contributed by atoms with Crippen molar-refractivity contribution in [1.29, 1.82) is 0 Å². The molecule has 1 unspecified atom stereocenters. The topological polar surface area (TPSA) is 84.3 Å². The minimum absolute atomic E-state index is 0.126. The molecule has 2 heterocycles. The Labute approximate surface area is 125 Å². The minimum atomic E-state index is -0.899. The minimum Gasteiger partial charge on any atom is -0.480 e. The van der Waals surface area contributed by atoms with Gasteiger partial charge in [0.2, 0.25) is 0 Å². The van der Waals surface area contributed by atoms with Crippen LogP contribution in [0.2, 0.25) is 0 Å². The second-order valence-electron chi connectivity index (χ2n) is 5.73. The van der Waals surface area contributed by atoms with Gasteiger partial charge in [-0.05, 0) is 12.8 Å². The van der Waals surface area contributed by atoms with Crippen LogP contribution in [0.25, 0.3) is 0 Å². The van der Waals surface area contributed by atoms with Gasteiger partial charge in [-0.2, -0.15) is 0 Å². The Morgan fingerprint density at radius 1 is 1.00 bits per heavy atom. The SMILES string of the molecule is O=C(O)C1CCCCCN1C(=O)N1CCN(CCO)CC1. The second-order valence-corrected chi connectivity index (χ2v) is 5.73. The van der Waals surface area contributed by atoms with Crippen molar-refractivity contribution in [3.05, 3.63) is 0 Å². The van der Waals surface area contributed by atoms with Crippen molar-refractivity contribution in [2.24, 2.45) is 0 Å². The fourth-order valence-electron chi connectivity index (χ4n) is 3.08. The molecule has 0 bridgehead atoms. The molecular formula is C14H25N3O4. The van der Waals surface area contributed by atoms with Gasteiger partial charge in [0.1, 0.15) is 6.04 Å². The Balaban J connectivity index is 1.96. The fraction of sp³-hybridized carbons (Fsp3) is 0.857. The van der Waals surface area contributed by atoms with E-state index in [1.807, 2.05) is 0 Å². The van der Waals surface area contributed by atoms with Gasteiger partial charge >= 0.3 is 12.0 Å². The summed E-state index contributed by atoms with van der Waals surface area (Å²) >= 11 is 0. The maximum Gasteiger partial charge on any atom is 0.326 e. The van der Waals surface area contributed by atoms with Crippen molar-refractivity contribution >= 4 is 12.0 Å². The summed E-state index contributed by atoms with van der Waals surface area (Å²) in [5.74, 6) is -0.899. The molecule has 2 N–H and O–H groups in total. The van der Waals surface area contributed by atoms with Crippen molar-refractivity contribution in [2.75, 3.05) is 45.9 Å². The average molecular weight is 299 g/mol. The molecule has 0 aromatic carbocycles. The van der Waals surface area contributed by atoms with Gasteiger partial charge in [-0.3, -0.25) is 4.90 Å². The van der Waals surface area contributed by atoms with E-state index in [2.05, 4.69) is 4.90 Å². The summed E-state index contributed by atoms with van der Waals surface area (Å²) in [6.07, 6.45) is 3.27. The van der Waals surface area contributed by atoms with Crippen LogP contribution in [0.15, 0.2) is 0 Å². The maximum absolute atomic E-state index is 12.6. The third-order valence-corrected chi connectivity index (χ3v) is 4.34. The summed E-state index contributed by atoms with van der Waals surface area (Å²) in [6, 6.07) is -0.830. The van der Waals surface area contributed by atoms with Gasteiger partial charge in [0, 0.05) is 39.3 Å². The summed E-state index contributed by atoms with van der Waals surface area (Å²) in [5.41, 5.74) is 0. The van der Waals surface area contributed by atoms with Crippen LogP contribution in [0.4, 0.5) is 4.79 Å². The highest BCUT2D eigenvalue weighted by atomic mass is 16.4. The zero-order chi connectivity index (χ0) is 15.2. The molecule has 2 saturated heterocycles. The van der Waals surface area contributed by atoms with Crippen LogP contribution < -0.4 is 0 Å². The Morgan fingerprint density at radius 2 is 1.71 bits per heavy atom. The lowest BCUT2D eigenvalue weighted by atomic mass is 10.1. The number of carbonyl (C=O) groups is 2. The Kier molecular flexibility index (Phi) is 5.81. The number of carboxylic acid groups (broad SMARTS) is 1. The van der Waals surface area contributed by atoms with E-state index in [1.54, 1.807) is 4.90 Å². The van der Waals surface area contributed by atoms with Crippen LogP contribution >= 0.6 is 0 Å². The summed E-state index contributed by atoms with van der Waals surface area (Å²) in [5, 5.41) is 18.3. The van der Waals surface area contributed by atoms with Crippen molar-refractivity contribution in [1.82, 2.24) is 14.7 Å². The number of aliphatic hydroxyl groups is 1. The predicted molar refractivity (Wildman–Crippen MR) is 77.1 cm³/mol. The Bertz CT molecular complexity index is 369. The van der Waals surface area contributed by atoms with Crippen LogP contribution in [0.1, 0.15) is 25.7 Å². The lowest BCUT2D eigenvalue weighted by Gasteiger charge is -2.38. The number of piperazine rings is 1. The number of rotatable bonds is 3. The van der Waals surface area contributed by atoms with Gasteiger partial charge < -0.3 is 20.0 Å². The van der Waals surface area contributed by atoms with Gasteiger partial charge in [-0.25, -0.2) is 9.59 Å². The molecule has 0 aromatic rings. The second kappa shape index (κ2) is 7.61. The lowest BCUT2D eigenvalue weighted by Crippen LogP contribution is -2.56. The first-order chi connectivity index (χ1) is 10.1. The highest BCUT2D eigenvalue weighted by Gasteiger charge is 2.34. The molecule has 21 heavy (non-hydrogen) atoms. The molecule has 0 spiro atoms. The molecule has 2 aliphatic rings. The first-order valence-corrected chi connectivity index (χ1v) is 7.75. The average Bonchev–Trinajstić information content (AvgIpc) is 2.73. The fourth-order valence-corrected chi connectivity index (χ4v) is 3.08. The summed E-state index contributed by atoms with van der Waals surface area (Å²) < 4.78 is 0. The molecular weight excluding hydrogens is 274 g/mol.